The molecule has 1 N–H and O–H groups in total. The molecule has 0 spiro atoms. The highest BCUT2D eigenvalue weighted by atomic mass is 19.3. The van der Waals surface area contributed by atoms with E-state index in [4.69, 9.17) is 4.74 Å². The number of amides is 1. The van der Waals surface area contributed by atoms with Crippen molar-refractivity contribution in [1.29, 1.82) is 0 Å². The number of halogens is 2. The van der Waals surface area contributed by atoms with Gasteiger partial charge in [-0.2, -0.15) is 0 Å². The summed E-state index contributed by atoms with van der Waals surface area (Å²) in [4.78, 5) is 12.9. The number of alkyl halides is 2. The molecule has 94 valence electrons. The number of carbonyl (C=O) groups is 1. The molecule has 0 radical (unpaired) electrons. The molecule has 0 aliphatic carbocycles. The summed E-state index contributed by atoms with van der Waals surface area (Å²) in [6.07, 6.45) is -1.23. The van der Waals surface area contributed by atoms with Crippen molar-refractivity contribution in [3.05, 3.63) is 0 Å². The van der Waals surface area contributed by atoms with Gasteiger partial charge in [-0.25, -0.2) is 13.6 Å². The summed E-state index contributed by atoms with van der Waals surface area (Å²) in [5.74, 6) is 0. The van der Waals surface area contributed by atoms with E-state index in [0.717, 1.165) is 0 Å². The van der Waals surface area contributed by atoms with Gasteiger partial charge in [-0.05, 0) is 19.8 Å². The first-order valence-corrected chi connectivity index (χ1v) is 5.56. The van der Waals surface area contributed by atoms with Crippen molar-refractivity contribution < 1.29 is 18.3 Å². The molecule has 1 saturated heterocycles. The van der Waals surface area contributed by atoms with Crippen molar-refractivity contribution in [2.75, 3.05) is 26.2 Å². The van der Waals surface area contributed by atoms with Gasteiger partial charge in [-0.3, -0.25) is 0 Å². The Morgan fingerprint density at radius 3 is 2.62 bits per heavy atom. The van der Waals surface area contributed by atoms with E-state index in [1.54, 1.807) is 11.8 Å². The predicted octanol–water partition coefficient (Wildman–Crippen LogP) is 1.46. The lowest BCUT2D eigenvalue weighted by Gasteiger charge is -2.31. The quantitative estimate of drug-likeness (QED) is 0.803. The molecule has 6 heteroatoms. The van der Waals surface area contributed by atoms with Crippen LogP contribution in [-0.4, -0.2) is 49.7 Å². The second-order valence-corrected chi connectivity index (χ2v) is 3.76. The first-order valence-electron chi connectivity index (χ1n) is 5.56. The fraction of sp³-hybridized carbons (Fsp3) is 0.900. The van der Waals surface area contributed by atoms with Crippen molar-refractivity contribution in [3.8, 4) is 0 Å². The van der Waals surface area contributed by atoms with E-state index in [-0.39, 0.29) is 18.7 Å². The summed E-state index contributed by atoms with van der Waals surface area (Å²) in [6.45, 7) is 2.99. The van der Waals surface area contributed by atoms with Crippen LogP contribution in [0.4, 0.5) is 13.6 Å². The summed E-state index contributed by atoms with van der Waals surface area (Å²) in [5.41, 5.74) is 0. The molecule has 0 aromatic rings. The minimum atomic E-state index is -2.32. The number of nitrogens with zero attached hydrogens (tertiary/aromatic N) is 1. The molecule has 1 aliphatic heterocycles. The molecule has 0 aromatic heterocycles. The van der Waals surface area contributed by atoms with Crippen molar-refractivity contribution in [2.45, 2.75) is 32.2 Å². The highest BCUT2D eigenvalue weighted by molar-refractivity contribution is 5.67. The number of hydrogen-bond donors (Lipinski definition) is 1. The zero-order valence-corrected chi connectivity index (χ0v) is 9.42. The average molecular weight is 236 g/mol. The van der Waals surface area contributed by atoms with E-state index >= 15 is 0 Å². The van der Waals surface area contributed by atoms with Crippen LogP contribution in [0.2, 0.25) is 0 Å². The van der Waals surface area contributed by atoms with Crippen molar-refractivity contribution in [2.24, 2.45) is 0 Å². The fourth-order valence-electron chi connectivity index (χ4n) is 1.74. The third kappa shape index (κ3) is 4.30. The van der Waals surface area contributed by atoms with Crippen LogP contribution in [0, 0.1) is 0 Å². The van der Waals surface area contributed by atoms with Crippen LogP contribution >= 0.6 is 0 Å². The summed E-state index contributed by atoms with van der Waals surface area (Å²) in [5, 5.41) is 2.78. The molecule has 0 bridgehead atoms. The lowest BCUT2D eigenvalue weighted by Crippen LogP contribution is -2.46. The van der Waals surface area contributed by atoms with Crippen LogP contribution in [-0.2, 0) is 4.74 Å². The van der Waals surface area contributed by atoms with Gasteiger partial charge in [0.2, 0.25) is 0 Å². The molecule has 0 aromatic carbocycles. The summed E-state index contributed by atoms with van der Waals surface area (Å²) in [7, 11) is 0. The molecule has 1 aliphatic rings. The van der Waals surface area contributed by atoms with E-state index in [1.165, 1.54) is 0 Å². The van der Waals surface area contributed by atoms with Crippen LogP contribution in [0.3, 0.4) is 0 Å². The molecule has 0 unspecified atom stereocenters. The Hall–Kier alpha value is -0.910. The Kier molecular flexibility index (Phi) is 5.45. The van der Waals surface area contributed by atoms with Gasteiger partial charge in [0.15, 0.2) is 0 Å². The Morgan fingerprint density at radius 1 is 1.50 bits per heavy atom. The number of nitrogens with one attached hydrogen (secondary N) is 1. The fourth-order valence-corrected chi connectivity index (χ4v) is 1.74. The molecule has 0 saturated carbocycles. The van der Waals surface area contributed by atoms with Gasteiger partial charge in [-0.1, -0.05) is 0 Å². The maximum absolute atomic E-state index is 11.9. The number of carbonyl (C=O) groups excluding carboxylic acids is 1. The Morgan fingerprint density at radius 2 is 2.12 bits per heavy atom. The standard InChI is InChI=1S/C10H18F2N2O2/c1-2-16-10(15)14-5-3-8(4-6-14)13-7-9(11)12/h8-9,13H,2-7H2,1H3. The molecule has 16 heavy (non-hydrogen) atoms. The SMILES string of the molecule is CCOC(=O)N1CCC(NCC(F)F)CC1. The number of likely N-dealkylation sites (tertiary alicyclic amines) is 1. The maximum Gasteiger partial charge on any atom is 0.409 e. The molecule has 1 heterocycles. The van der Waals surface area contributed by atoms with Gasteiger partial charge in [0.25, 0.3) is 6.43 Å². The third-order valence-corrected chi connectivity index (χ3v) is 2.58. The maximum atomic E-state index is 11.9. The topological polar surface area (TPSA) is 41.6 Å². The highest BCUT2D eigenvalue weighted by Gasteiger charge is 2.23. The lowest BCUT2D eigenvalue weighted by atomic mass is 10.1. The number of hydrogen-bond acceptors (Lipinski definition) is 3. The Balaban J connectivity index is 2.20. The van der Waals surface area contributed by atoms with Crippen LogP contribution in [0.15, 0.2) is 0 Å². The number of piperidine rings is 1. The average Bonchev–Trinajstić information content (AvgIpc) is 2.27. The molecule has 1 rings (SSSR count). The van der Waals surface area contributed by atoms with Crippen molar-refractivity contribution in [1.82, 2.24) is 10.2 Å². The van der Waals surface area contributed by atoms with E-state index < -0.39 is 6.43 Å². The summed E-state index contributed by atoms with van der Waals surface area (Å²) in [6, 6.07) is 0.0830. The first kappa shape index (κ1) is 13.2. The normalized spacial score (nSPS) is 17.9. The smallest absolute Gasteiger partial charge is 0.409 e. The Bertz CT molecular complexity index is 219. The highest BCUT2D eigenvalue weighted by Crippen LogP contribution is 2.11. The monoisotopic (exact) mass is 236 g/mol. The minimum Gasteiger partial charge on any atom is -0.450 e. The minimum absolute atomic E-state index is 0.0830. The van der Waals surface area contributed by atoms with E-state index in [0.29, 0.717) is 32.5 Å². The van der Waals surface area contributed by atoms with Crippen molar-refractivity contribution >= 4 is 6.09 Å². The van der Waals surface area contributed by atoms with Gasteiger partial charge >= 0.3 is 6.09 Å². The van der Waals surface area contributed by atoms with Gasteiger partial charge in [0.05, 0.1) is 13.2 Å². The van der Waals surface area contributed by atoms with Crippen LogP contribution in [0.5, 0.6) is 0 Å². The molecule has 0 atom stereocenters. The molecular weight excluding hydrogens is 218 g/mol. The van der Waals surface area contributed by atoms with E-state index in [1.807, 2.05) is 0 Å². The van der Waals surface area contributed by atoms with Gasteiger partial charge in [0, 0.05) is 19.1 Å². The molecule has 1 amide bonds. The van der Waals surface area contributed by atoms with Crippen LogP contribution in [0.25, 0.3) is 0 Å². The zero-order chi connectivity index (χ0) is 12.0. The first-order chi connectivity index (χ1) is 7.63. The zero-order valence-electron chi connectivity index (χ0n) is 9.42. The van der Waals surface area contributed by atoms with Gasteiger partial charge < -0.3 is 15.0 Å². The van der Waals surface area contributed by atoms with Crippen LogP contribution in [0.1, 0.15) is 19.8 Å². The lowest BCUT2D eigenvalue weighted by molar-refractivity contribution is 0.0909. The van der Waals surface area contributed by atoms with Crippen LogP contribution < -0.4 is 5.32 Å². The van der Waals surface area contributed by atoms with Gasteiger partial charge in [0.1, 0.15) is 0 Å². The third-order valence-electron chi connectivity index (χ3n) is 2.58. The second-order valence-electron chi connectivity index (χ2n) is 3.76. The second kappa shape index (κ2) is 6.62. The van der Waals surface area contributed by atoms with Gasteiger partial charge in [-0.15, -0.1) is 0 Å². The molecule has 4 nitrogen and oxygen atoms in total. The largest absolute Gasteiger partial charge is 0.450 e. The van der Waals surface area contributed by atoms with E-state index in [2.05, 4.69) is 5.32 Å². The summed E-state index contributed by atoms with van der Waals surface area (Å²) >= 11 is 0. The van der Waals surface area contributed by atoms with E-state index in [9.17, 15) is 13.6 Å². The number of rotatable bonds is 4. The predicted molar refractivity (Wildman–Crippen MR) is 55.6 cm³/mol. The summed E-state index contributed by atoms with van der Waals surface area (Å²) < 4.78 is 28.8. The van der Waals surface area contributed by atoms with Crippen molar-refractivity contribution in [3.63, 3.8) is 0 Å². The Labute approximate surface area is 93.9 Å². The molecule has 1 fully saturated rings. The molecular formula is C10H18F2N2O2. The number of ether oxygens (including phenoxy) is 1.